The van der Waals surface area contributed by atoms with E-state index < -0.39 is 0 Å². The Bertz CT molecular complexity index is 1040. The molecule has 0 amide bonds. The first-order valence-corrected chi connectivity index (χ1v) is 8.72. The molecule has 0 bridgehead atoms. The van der Waals surface area contributed by atoms with Gasteiger partial charge in [0.05, 0.1) is 17.5 Å². The Kier molecular flexibility index (Phi) is 3.68. The van der Waals surface area contributed by atoms with Crippen LogP contribution in [0.2, 0.25) is 0 Å². The highest BCUT2D eigenvalue weighted by atomic mass is 127. The average Bonchev–Trinajstić information content (AvgIpc) is 2.59. The summed E-state index contributed by atoms with van der Waals surface area (Å²) in [5.74, 6) is -0.169. The molecule has 1 atom stereocenters. The van der Waals surface area contributed by atoms with Crippen molar-refractivity contribution in [1.29, 1.82) is 0 Å². The Labute approximate surface area is 152 Å². The van der Waals surface area contributed by atoms with E-state index in [9.17, 15) is 9.59 Å². The molecule has 3 aromatic rings. The molecule has 0 N–H and O–H groups in total. The monoisotopic (exact) mass is 431 g/mol. The maximum Gasteiger partial charge on any atom is 0.312 e. The van der Waals surface area contributed by atoms with Gasteiger partial charge in [0.1, 0.15) is 5.75 Å². The van der Waals surface area contributed by atoms with Gasteiger partial charge < -0.3 is 9.30 Å². The normalized spacial score (nSPS) is 16.8. The number of nitrogens with zero attached hydrogens (tertiary/aromatic N) is 1. The van der Waals surface area contributed by atoms with Gasteiger partial charge in [-0.25, -0.2) is 0 Å². The average molecular weight is 431 g/mol. The van der Waals surface area contributed by atoms with Gasteiger partial charge in [-0.3, -0.25) is 9.59 Å². The van der Waals surface area contributed by atoms with Crippen LogP contribution in [0.15, 0.2) is 53.3 Å². The van der Waals surface area contributed by atoms with Gasteiger partial charge in [0.2, 0.25) is 0 Å². The lowest BCUT2D eigenvalue weighted by atomic mass is 9.86. The fourth-order valence-corrected chi connectivity index (χ4v) is 3.91. The van der Waals surface area contributed by atoms with Crippen molar-refractivity contribution in [2.45, 2.75) is 12.3 Å². The van der Waals surface area contributed by atoms with Gasteiger partial charge in [-0.15, -0.1) is 0 Å². The summed E-state index contributed by atoms with van der Waals surface area (Å²) >= 11 is 2.24. The van der Waals surface area contributed by atoms with Crippen molar-refractivity contribution >= 4 is 39.5 Å². The first-order valence-electron chi connectivity index (χ1n) is 7.64. The lowest BCUT2D eigenvalue weighted by Crippen LogP contribution is -2.31. The first-order chi connectivity index (χ1) is 11.6. The Morgan fingerprint density at radius 3 is 2.71 bits per heavy atom. The molecule has 120 valence electrons. The molecule has 4 nitrogen and oxygen atoms in total. The summed E-state index contributed by atoms with van der Waals surface area (Å²) in [6, 6.07) is 15.4. The third-order valence-electron chi connectivity index (χ3n) is 4.48. The number of ether oxygens (including phenoxy) is 1. The van der Waals surface area contributed by atoms with Crippen LogP contribution >= 0.6 is 22.6 Å². The predicted octanol–water partition coefficient (Wildman–Crippen LogP) is 3.58. The molecular formula is C19H14INO3. The molecule has 0 radical (unpaired) electrons. The first kappa shape index (κ1) is 15.4. The van der Waals surface area contributed by atoms with E-state index in [4.69, 9.17) is 4.74 Å². The lowest BCUT2D eigenvalue weighted by molar-refractivity contribution is -0.135. The summed E-state index contributed by atoms with van der Waals surface area (Å²) in [7, 11) is 1.76. The van der Waals surface area contributed by atoms with Crippen molar-refractivity contribution in [2.75, 3.05) is 0 Å². The van der Waals surface area contributed by atoms with Crippen LogP contribution < -0.4 is 10.3 Å². The molecule has 0 aliphatic carbocycles. The van der Waals surface area contributed by atoms with Gasteiger partial charge in [-0.2, -0.15) is 0 Å². The number of benzene rings is 2. The van der Waals surface area contributed by atoms with Crippen LogP contribution in [-0.2, 0) is 11.8 Å². The topological polar surface area (TPSA) is 48.3 Å². The van der Waals surface area contributed by atoms with E-state index in [1.54, 1.807) is 11.6 Å². The molecule has 1 aliphatic heterocycles. The molecular weight excluding hydrogens is 417 g/mol. The number of hydrogen-bond acceptors (Lipinski definition) is 3. The predicted molar refractivity (Wildman–Crippen MR) is 100 cm³/mol. The summed E-state index contributed by atoms with van der Waals surface area (Å²) in [5.41, 5.74) is 2.18. The molecule has 0 fully saturated rings. The number of rotatable bonds is 1. The van der Waals surface area contributed by atoms with Crippen LogP contribution in [0.1, 0.15) is 23.5 Å². The molecule has 5 heteroatoms. The van der Waals surface area contributed by atoms with Crippen LogP contribution in [-0.4, -0.2) is 10.5 Å². The minimum absolute atomic E-state index is 0.111. The number of aromatic nitrogens is 1. The van der Waals surface area contributed by atoms with Crippen LogP contribution in [0.25, 0.3) is 10.9 Å². The zero-order chi connectivity index (χ0) is 16.8. The Balaban J connectivity index is 2.07. The molecule has 2 heterocycles. The zero-order valence-corrected chi connectivity index (χ0v) is 15.1. The lowest BCUT2D eigenvalue weighted by Gasteiger charge is -2.26. The van der Waals surface area contributed by atoms with E-state index in [0.29, 0.717) is 11.3 Å². The number of hydrogen-bond donors (Lipinski definition) is 0. The molecule has 24 heavy (non-hydrogen) atoms. The second kappa shape index (κ2) is 5.73. The van der Waals surface area contributed by atoms with Crippen molar-refractivity contribution in [2.24, 2.45) is 7.05 Å². The maximum absolute atomic E-state index is 13.0. The van der Waals surface area contributed by atoms with Crippen molar-refractivity contribution in [3.05, 3.63) is 73.6 Å². The van der Waals surface area contributed by atoms with Gasteiger partial charge in [0.15, 0.2) is 0 Å². The smallest absolute Gasteiger partial charge is 0.312 e. The molecule has 0 saturated carbocycles. The number of carbonyl (C=O) groups excluding carboxylic acids is 1. The minimum atomic E-state index is -0.301. The van der Waals surface area contributed by atoms with Crippen LogP contribution in [0.5, 0.6) is 5.75 Å². The van der Waals surface area contributed by atoms with Crippen molar-refractivity contribution < 1.29 is 9.53 Å². The SMILES string of the molecule is Cn1c(=O)c2c(c3ccccc31)OC(=O)C[C@@H]2c1cccc(I)c1. The van der Waals surface area contributed by atoms with Crippen molar-refractivity contribution in [3.63, 3.8) is 0 Å². The standard InChI is InChI=1S/C19H14INO3/c1-21-15-8-3-2-7-13(15)18-17(19(21)23)14(10-16(22)24-18)11-5-4-6-12(20)9-11/h2-9,14H,10H2,1H3/t14-/m1/s1. The van der Waals surface area contributed by atoms with Crippen LogP contribution in [0.3, 0.4) is 0 Å². The highest BCUT2D eigenvalue weighted by Crippen LogP contribution is 2.40. The Morgan fingerprint density at radius 1 is 1.12 bits per heavy atom. The molecule has 1 aromatic heterocycles. The van der Waals surface area contributed by atoms with Crippen molar-refractivity contribution in [3.8, 4) is 5.75 Å². The number of fused-ring (bicyclic) bond motifs is 3. The largest absolute Gasteiger partial charge is 0.425 e. The van der Waals surface area contributed by atoms with Gasteiger partial charge in [0.25, 0.3) is 5.56 Å². The van der Waals surface area contributed by atoms with Crippen molar-refractivity contribution in [1.82, 2.24) is 4.57 Å². The molecule has 4 rings (SSSR count). The number of esters is 1. The maximum atomic E-state index is 13.0. The molecule has 1 aliphatic rings. The van der Waals surface area contributed by atoms with E-state index in [1.807, 2.05) is 48.5 Å². The van der Waals surface area contributed by atoms with Gasteiger partial charge in [-0.1, -0.05) is 24.3 Å². The third kappa shape index (κ3) is 2.34. The summed E-state index contributed by atoms with van der Waals surface area (Å²) in [6.45, 7) is 0. The van der Waals surface area contributed by atoms with E-state index in [-0.39, 0.29) is 23.9 Å². The summed E-state index contributed by atoms with van der Waals surface area (Å²) in [4.78, 5) is 25.2. The van der Waals surface area contributed by atoms with E-state index in [0.717, 1.165) is 20.0 Å². The van der Waals surface area contributed by atoms with Crippen LogP contribution in [0.4, 0.5) is 0 Å². The van der Waals surface area contributed by atoms with E-state index >= 15 is 0 Å². The Morgan fingerprint density at radius 2 is 1.92 bits per heavy atom. The number of carbonyl (C=O) groups is 1. The minimum Gasteiger partial charge on any atom is -0.425 e. The van der Waals surface area contributed by atoms with Gasteiger partial charge >= 0.3 is 5.97 Å². The highest BCUT2D eigenvalue weighted by Gasteiger charge is 2.33. The molecule has 2 aromatic carbocycles. The van der Waals surface area contributed by atoms with E-state index in [2.05, 4.69) is 22.6 Å². The van der Waals surface area contributed by atoms with Gasteiger partial charge in [0, 0.05) is 21.9 Å². The summed E-state index contributed by atoms with van der Waals surface area (Å²) in [5, 5.41) is 0.790. The second-order valence-electron chi connectivity index (χ2n) is 5.91. The number of halogens is 1. The fraction of sp³-hybridized carbons (Fsp3) is 0.158. The quantitative estimate of drug-likeness (QED) is 0.437. The highest BCUT2D eigenvalue weighted by molar-refractivity contribution is 14.1. The van der Waals surface area contributed by atoms with Gasteiger partial charge in [-0.05, 0) is 52.4 Å². The number of aryl methyl sites for hydroxylation is 1. The molecule has 0 unspecified atom stereocenters. The molecule has 0 saturated heterocycles. The fourth-order valence-electron chi connectivity index (χ4n) is 3.34. The summed E-state index contributed by atoms with van der Waals surface area (Å²) < 4.78 is 8.21. The molecule has 0 spiro atoms. The van der Waals surface area contributed by atoms with E-state index in [1.165, 1.54) is 0 Å². The number of pyridine rings is 1. The van der Waals surface area contributed by atoms with Crippen LogP contribution in [0, 0.1) is 3.57 Å². The zero-order valence-electron chi connectivity index (χ0n) is 13.0. The Hall–Kier alpha value is -2.15. The number of para-hydroxylation sites is 1. The second-order valence-corrected chi connectivity index (χ2v) is 7.16. The summed E-state index contributed by atoms with van der Waals surface area (Å²) in [6.07, 6.45) is 0.181. The third-order valence-corrected chi connectivity index (χ3v) is 5.15.